The highest BCUT2D eigenvalue weighted by Gasteiger charge is 2.18. The Morgan fingerprint density at radius 2 is 1.94 bits per heavy atom. The zero-order valence-electron chi connectivity index (χ0n) is 9.56. The minimum Gasteiger partial charge on any atom is -0.492 e. The van der Waals surface area contributed by atoms with E-state index in [4.69, 9.17) is 9.47 Å². The molecule has 1 aromatic carbocycles. The van der Waals surface area contributed by atoms with E-state index in [0.717, 1.165) is 18.5 Å². The van der Waals surface area contributed by atoms with Gasteiger partial charge in [-0.3, -0.25) is 0 Å². The summed E-state index contributed by atoms with van der Waals surface area (Å²) >= 11 is 3.16. The fourth-order valence-electron chi connectivity index (χ4n) is 1.49. The summed E-state index contributed by atoms with van der Waals surface area (Å²) in [5.41, 5.74) is 0.905. The Morgan fingerprint density at radius 1 is 1.31 bits per heavy atom. The Labute approximate surface area is 103 Å². The quantitative estimate of drug-likeness (QED) is 0.903. The van der Waals surface area contributed by atoms with Crippen molar-refractivity contribution in [3.8, 4) is 11.5 Å². The molecule has 0 aromatic heterocycles. The second-order valence-corrected chi connectivity index (χ2v) is 4.11. The molecule has 0 radical (unpaired) electrons. The molecule has 16 heavy (non-hydrogen) atoms. The SMILES string of the molecule is CNCCc1cc(Br)c(F)c(OC)c1OC. The summed E-state index contributed by atoms with van der Waals surface area (Å²) in [4.78, 5) is 0. The maximum atomic E-state index is 13.7. The fourth-order valence-corrected chi connectivity index (χ4v) is 1.94. The molecule has 0 heterocycles. The van der Waals surface area contributed by atoms with Crippen LogP contribution in [0.1, 0.15) is 5.56 Å². The molecule has 1 rings (SSSR count). The van der Waals surface area contributed by atoms with Crippen LogP contribution in [0.25, 0.3) is 0 Å². The van der Waals surface area contributed by atoms with Gasteiger partial charge < -0.3 is 14.8 Å². The molecule has 0 saturated heterocycles. The van der Waals surface area contributed by atoms with Crippen LogP contribution in [0.15, 0.2) is 10.5 Å². The first-order chi connectivity index (χ1) is 7.65. The van der Waals surface area contributed by atoms with Crippen molar-refractivity contribution in [2.24, 2.45) is 0 Å². The van der Waals surface area contributed by atoms with Crippen LogP contribution in [0, 0.1) is 5.82 Å². The summed E-state index contributed by atoms with van der Waals surface area (Å²) in [7, 11) is 4.80. The molecule has 0 amide bonds. The number of ether oxygens (including phenoxy) is 2. The average Bonchev–Trinajstić information content (AvgIpc) is 2.29. The van der Waals surface area contributed by atoms with E-state index in [2.05, 4.69) is 21.2 Å². The van der Waals surface area contributed by atoms with Crippen molar-refractivity contribution in [2.45, 2.75) is 6.42 Å². The Kier molecular flexibility index (Phi) is 5.02. The summed E-state index contributed by atoms with van der Waals surface area (Å²) in [6.07, 6.45) is 0.745. The van der Waals surface area contributed by atoms with E-state index in [1.807, 2.05) is 7.05 Å². The normalized spacial score (nSPS) is 10.3. The van der Waals surface area contributed by atoms with Gasteiger partial charge in [-0.1, -0.05) is 0 Å². The van der Waals surface area contributed by atoms with Crippen molar-refractivity contribution in [3.05, 3.63) is 21.9 Å². The summed E-state index contributed by atoms with van der Waals surface area (Å²) in [5, 5.41) is 3.03. The van der Waals surface area contributed by atoms with Gasteiger partial charge in [0, 0.05) is 5.56 Å². The van der Waals surface area contributed by atoms with E-state index in [-0.39, 0.29) is 5.75 Å². The van der Waals surface area contributed by atoms with Crippen molar-refractivity contribution in [2.75, 3.05) is 27.8 Å². The molecular weight excluding hydrogens is 277 g/mol. The summed E-state index contributed by atoms with van der Waals surface area (Å²) < 4.78 is 24.3. The third-order valence-electron chi connectivity index (χ3n) is 2.26. The minimum atomic E-state index is -0.437. The van der Waals surface area contributed by atoms with Gasteiger partial charge in [0.15, 0.2) is 17.3 Å². The van der Waals surface area contributed by atoms with Crippen LogP contribution in [-0.2, 0) is 6.42 Å². The highest BCUT2D eigenvalue weighted by Crippen LogP contribution is 2.38. The summed E-state index contributed by atoms with van der Waals surface area (Å²) in [5.74, 6) is 0.161. The molecule has 0 aliphatic heterocycles. The molecule has 5 heteroatoms. The molecule has 0 bridgehead atoms. The van der Waals surface area contributed by atoms with E-state index in [1.165, 1.54) is 14.2 Å². The predicted octanol–water partition coefficient (Wildman–Crippen LogP) is 2.37. The van der Waals surface area contributed by atoms with Crippen molar-refractivity contribution >= 4 is 15.9 Å². The standard InChI is InChI=1S/C11H15BrFNO2/c1-14-5-4-7-6-8(12)9(13)11(16-3)10(7)15-2/h6,14H,4-5H2,1-3H3. The van der Waals surface area contributed by atoms with Gasteiger partial charge in [0.05, 0.1) is 18.7 Å². The van der Waals surface area contributed by atoms with Gasteiger partial charge in [0.2, 0.25) is 0 Å². The van der Waals surface area contributed by atoms with E-state index >= 15 is 0 Å². The Bertz CT molecular complexity index is 371. The molecule has 0 unspecified atom stereocenters. The number of rotatable bonds is 5. The molecule has 0 atom stereocenters. The van der Waals surface area contributed by atoms with Crippen LogP contribution in [0.3, 0.4) is 0 Å². The monoisotopic (exact) mass is 291 g/mol. The van der Waals surface area contributed by atoms with Gasteiger partial charge >= 0.3 is 0 Å². The molecule has 1 N–H and O–H groups in total. The number of nitrogens with one attached hydrogen (secondary N) is 1. The van der Waals surface area contributed by atoms with Crippen LogP contribution >= 0.6 is 15.9 Å². The lowest BCUT2D eigenvalue weighted by Gasteiger charge is -2.14. The lowest BCUT2D eigenvalue weighted by atomic mass is 10.1. The second kappa shape index (κ2) is 6.06. The topological polar surface area (TPSA) is 30.5 Å². The Morgan fingerprint density at radius 3 is 2.44 bits per heavy atom. The first-order valence-corrected chi connectivity index (χ1v) is 5.68. The zero-order chi connectivity index (χ0) is 12.1. The summed E-state index contributed by atoms with van der Waals surface area (Å²) in [6, 6.07) is 1.72. The highest BCUT2D eigenvalue weighted by atomic mass is 79.9. The third kappa shape index (κ3) is 2.65. The molecule has 0 spiro atoms. The van der Waals surface area contributed by atoms with Gasteiger partial charge in [-0.2, -0.15) is 0 Å². The van der Waals surface area contributed by atoms with Crippen LogP contribution < -0.4 is 14.8 Å². The Balaban J connectivity index is 3.20. The number of benzene rings is 1. The molecule has 1 aromatic rings. The molecule has 0 aliphatic carbocycles. The van der Waals surface area contributed by atoms with E-state index in [0.29, 0.717) is 10.2 Å². The fraction of sp³-hybridized carbons (Fsp3) is 0.455. The number of likely N-dealkylation sites (N-methyl/N-ethyl adjacent to an activating group) is 1. The molecular formula is C11H15BrFNO2. The van der Waals surface area contributed by atoms with Gasteiger partial charge in [-0.25, -0.2) is 4.39 Å². The smallest absolute Gasteiger partial charge is 0.198 e. The van der Waals surface area contributed by atoms with E-state index < -0.39 is 5.82 Å². The lowest BCUT2D eigenvalue weighted by molar-refractivity contribution is 0.333. The van der Waals surface area contributed by atoms with Crippen LogP contribution in [0.2, 0.25) is 0 Å². The first kappa shape index (κ1) is 13.3. The van der Waals surface area contributed by atoms with E-state index in [1.54, 1.807) is 6.07 Å². The molecule has 0 saturated carbocycles. The minimum absolute atomic E-state index is 0.142. The number of hydrogen-bond acceptors (Lipinski definition) is 3. The third-order valence-corrected chi connectivity index (χ3v) is 2.84. The lowest BCUT2D eigenvalue weighted by Crippen LogP contribution is -2.11. The number of methoxy groups -OCH3 is 2. The average molecular weight is 292 g/mol. The molecule has 0 aliphatic rings. The Hall–Kier alpha value is -0.810. The van der Waals surface area contributed by atoms with Gasteiger partial charge in [-0.05, 0) is 42.0 Å². The van der Waals surface area contributed by atoms with E-state index in [9.17, 15) is 4.39 Å². The molecule has 0 fully saturated rings. The van der Waals surface area contributed by atoms with Gasteiger partial charge in [0.1, 0.15) is 0 Å². The maximum absolute atomic E-state index is 13.7. The number of halogens is 2. The zero-order valence-corrected chi connectivity index (χ0v) is 11.1. The first-order valence-electron chi connectivity index (χ1n) is 4.89. The van der Waals surface area contributed by atoms with Crippen molar-refractivity contribution < 1.29 is 13.9 Å². The van der Waals surface area contributed by atoms with Gasteiger partial charge in [0.25, 0.3) is 0 Å². The van der Waals surface area contributed by atoms with Crippen LogP contribution in [0.5, 0.6) is 11.5 Å². The van der Waals surface area contributed by atoms with Crippen molar-refractivity contribution in [1.82, 2.24) is 5.32 Å². The second-order valence-electron chi connectivity index (χ2n) is 3.25. The van der Waals surface area contributed by atoms with Crippen LogP contribution in [0.4, 0.5) is 4.39 Å². The molecule has 3 nitrogen and oxygen atoms in total. The summed E-state index contributed by atoms with van der Waals surface area (Å²) in [6.45, 7) is 0.789. The van der Waals surface area contributed by atoms with Gasteiger partial charge in [-0.15, -0.1) is 0 Å². The largest absolute Gasteiger partial charge is 0.492 e. The maximum Gasteiger partial charge on any atom is 0.198 e. The van der Waals surface area contributed by atoms with Crippen LogP contribution in [-0.4, -0.2) is 27.8 Å². The molecule has 90 valence electrons. The highest BCUT2D eigenvalue weighted by molar-refractivity contribution is 9.10. The predicted molar refractivity (Wildman–Crippen MR) is 64.8 cm³/mol. The number of hydrogen-bond donors (Lipinski definition) is 1. The van der Waals surface area contributed by atoms with Crippen molar-refractivity contribution in [1.29, 1.82) is 0 Å². The van der Waals surface area contributed by atoms with Crippen molar-refractivity contribution in [3.63, 3.8) is 0 Å².